The van der Waals surface area contributed by atoms with E-state index in [1.165, 1.54) is 6.42 Å². The van der Waals surface area contributed by atoms with Gasteiger partial charge in [-0.25, -0.2) is 0 Å². The Morgan fingerprint density at radius 2 is 1.89 bits per heavy atom. The Morgan fingerprint density at radius 1 is 1.17 bits per heavy atom. The average Bonchev–Trinajstić information content (AvgIpc) is 2.43. The second kappa shape index (κ2) is 8.81. The summed E-state index contributed by atoms with van der Waals surface area (Å²) in [6.07, 6.45) is 2.25. The number of nitrogens with one attached hydrogen (secondary N) is 1. The topological polar surface area (TPSA) is 30.5 Å². The number of hydrogen-bond donors (Lipinski definition) is 1. The third kappa shape index (κ3) is 4.96. The van der Waals surface area contributed by atoms with Crippen molar-refractivity contribution in [3.63, 3.8) is 0 Å². The predicted octanol–water partition coefficient (Wildman–Crippen LogP) is 3.10. The lowest BCUT2D eigenvalue weighted by molar-refractivity contribution is 0.259. The van der Waals surface area contributed by atoms with Gasteiger partial charge in [-0.1, -0.05) is 32.4 Å². The molecule has 0 radical (unpaired) electrons. The van der Waals surface area contributed by atoms with Crippen LogP contribution in [0, 0.1) is 5.92 Å². The van der Waals surface area contributed by atoms with Crippen molar-refractivity contribution >= 4 is 0 Å². The first-order valence-corrected chi connectivity index (χ1v) is 6.78. The molecule has 1 unspecified atom stereocenters. The van der Waals surface area contributed by atoms with Crippen molar-refractivity contribution in [3.8, 4) is 11.5 Å². The normalized spacial score (nSPS) is 12.2. The van der Waals surface area contributed by atoms with E-state index >= 15 is 0 Å². The maximum atomic E-state index is 5.79. The van der Waals surface area contributed by atoms with Crippen molar-refractivity contribution < 1.29 is 9.47 Å². The summed E-state index contributed by atoms with van der Waals surface area (Å²) in [7, 11) is 1.67. The molecule has 0 fully saturated rings. The van der Waals surface area contributed by atoms with Gasteiger partial charge in [0.2, 0.25) is 0 Å². The highest BCUT2D eigenvalue weighted by Gasteiger charge is 2.07. The van der Waals surface area contributed by atoms with Gasteiger partial charge in [-0.05, 0) is 37.6 Å². The molecule has 0 aliphatic heterocycles. The van der Waals surface area contributed by atoms with E-state index in [4.69, 9.17) is 9.47 Å². The van der Waals surface area contributed by atoms with E-state index in [1.807, 2.05) is 24.3 Å². The Labute approximate surface area is 110 Å². The lowest BCUT2D eigenvalue weighted by atomic mass is 10.0. The molecule has 0 saturated heterocycles. The summed E-state index contributed by atoms with van der Waals surface area (Å²) in [6.45, 7) is 7.21. The Bertz CT molecular complexity index is 328. The number of methoxy groups -OCH3 is 1. The van der Waals surface area contributed by atoms with Gasteiger partial charge in [-0.2, -0.15) is 0 Å². The molecular weight excluding hydrogens is 226 g/mol. The highest BCUT2D eigenvalue weighted by Crippen LogP contribution is 2.26. The van der Waals surface area contributed by atoms with Crippen molar-refractivity contribution in [2.24, 2.45) is 5.92 Å². The Morgan fingerprint density at radius 3 is 2.50 bits per heavy atom. The molecule has 1 aromatic rings. The van der Waals surface area contributed by atoms with Gasteiger partial charge in [0.25, 0.3) is 0 Å². The molecule has 0 aliphatic rings. The van der Waals surface area contributed by atoms with Gasteiger partial charge in [0, 0.05) is 0 Å². The van der Waals surface area contributed by atoms with Gasteiger partial charge in [0.15, 0.2) is 11.5 Å². The highest BCUT2D eigenvalue weighted by molar-refractivity contribution is 5.39. The third-order valence-corrected chi connectivity index (χ3v) is 3.11. The quantitative estimate of drug-likeness (QED) is 0.731. The van der Waals surface area contributed by atoms with Gasteiger partial charge in [0.05, 0.1) is 13.7 Å². The zero-order valence-corrected chi connectivity index (χ0v) is 11.7. The molecule has 0 amide bonds. The predicted molar refractivity (Wildman–Crippen MR) is 75.4 cm³/mol. The van der Waals surface area contributed by atoms with Crippen molar-refractivity contribution in [2.75, 3.05) is 26.8 Å². The molecule has 0 bridgehead atoms. The van der Waals surface area contributed by atoms with Crippen molar-refractivity contribution in [2.45, 2.75) is 26.7 Å². The lowest BCUT2D eigenvalue weighted by Gasteiger charge is -2.16. The molecule has 1 atom stereocenters. The molecular formula is C15H25NO2. The number of hydrogen-bond acceptors (Lipinski definition) is 3. The van der Waals surface area contributed by atoms with Gasteiger partial charge >= 0.3 is 0 Å². The fraction of sp³-hybridized carbons (Fsp3) is 0.600. The molecule has 1 N–H and O–H groups in total. The molecule has 3 heteroatoms. The van der Waals surface area contributed by atoms with E-state index in [9.17, 15) is 0 Å². The fourth-order valence-corrected chi connectivity index (χ4v) is 1.87. The second-order valence-electron chi connectivity index (χ2n) is 4.37. The molecule has 1 rings (SSSR count). The van der Waals surface area contributed by atoms with E-state index < -0.39 is 0 Å². The summed E-state index contributed by atoms with van der Waals surface area (Å²) in [5.41, 5.74) is 0. The minimum Gasteiger partial charge on any atom is -0.493 e. The van der Waals surface area contributed by atoms with E-state index in [0.29, 0.717) is 5.92 Å². The van der Waals surface area contributed by atoms with Crippen LogP contribution in [0.15, 0.2) is 24.3 Å². The van der Waals surface area contributed by atoms with Crippen LogP contribution in [0.25, 0.3) is 0 Å². The van der Waals surface area contributed by atoms with Gasteiger partial charge < -0.3 is 14.8 Å². The zero-order chi connectivity index (χ0) is 13.2. The first-order valence-electron chi connectivity index (χ1n) is 6.78. The minimum atomic E-state index is 0.680. The molecule has 1 aromatic carbocycles. The van der Waals surface area contributed by atoms with E-state index in [-0.39, 0.29) is 0 Å². The van der Waals surface area contributed by atoms with Crippen LogP contribution in [0.3, 0.4) is 0 Å². The Hall–Kier alpha value is -1.22. The SMILES string of the molecule is CCNCC(CC)CCOc1ccccc1OC. The first kappa shape index (κ1) is 14.8. The third-order valence-electron chi connectivity index (χ3n) is 3.11. The number of rotatable bonds is 9. The van der Waals surface area contributed by atoms with Crippen LogP contribution in [0.5, 0.6) is 11.5 Å². The number of para-hydroxylation sites is 2. The largest absolute Gasteiger partial charge is 0.493 e. The van der Waals surface area contributed by atoms with Crippen LogP contribution in [0.2, 0.25) is 0 Å². The van der Waals surface area contributed by atoms with Crippen molar-refractivity contribution in [1.29, 1.82) is 0 Å². The molecule has 18 heavy (non-hydrogen) atoms. The summed E-state index contributed by atoms with van der Waals surface area (Å²) < 4.78 is 11.0. The van der Waals surface area contributed by atoms with E-state index in [2.05, 4.69) is 19.2 Å². The summed E-state index contributed by atoms with van der Waals surface area (Å²) in [4.78, 5) is 0. The molecule has 0 spiro atoms. The summed E-state index contributed by atoms with van der Waals surface area (Å²) in [5, 5.41) is 3.39. The van der Waals surface area contributed by atoms with Crippen LogP contribution in [0.1, 0.15) is 26.7 Å². The summed E-state index contributed by atoms with van der Waals surface area (Å²) in [6, 6.07) is 7.79. The van der Waals surface area contributed by atoms with Gasteiger partial charge in [-0.3, -0.25) is 0 Å². The van der Waals surface area contributed by atoms with Crippen LogP contribution < -0.4 is 14.8 Å². The summed E-state index contributed by atoms with van der Waals surface area (Å²) >= 11 is 0. The highest BCUT2D eigenvalue weighted by atomic mass is 16.5. The van der Waals surface area contributed by atoms with Gasteiger partial charge in [-0.15, -0.1) is 0 Å². The van der Waals surface area contributed by atoms with Crippen LogP contribution in [-0.4, -0.2) is 26.8 Å². The molecule has 3 nitrogen and oxygen atoms in total. The maximum absolute atomic E-state index is 5.79. The molecule has 102 valence electrons. The molecule has 0 saturated carbocycles. The first-order chi connectivity index (χ1) is 8.81. The zero-order valence-electron chi connectivity index (χ0n) is 11.7. The second-order valence-corrected chi connectivity index (χ2v) is 4.37. The van der Waals surface area contributed by atoms with E-state index in [1.54, 1.807) is 7.11 Å². The average molecular weight is 251 g/mol. The minimum absolute atomic E-state index is 0.680. The van der Waals surface area contributed by atoms with Crippen LogP contribution in [0.4, 0.5) is 0 Å². The standard InChI is InChI=1S/C15H25NO2/c1-4-13(12-16-5-2)10-11-18-15-9-7-6-8-14(15)17-3/h6-9,13,16H,4-5,10-12H2,1-3H3. The van der Waals surface area contributed by atoms with Crippen molar-refractivity contribution in [3.05, 3.63) is 24.3 Å². The lowest BCUT2D eigenvalue weighted by Crippen LogP contribution is -2.23. The number of ether oxygens (including phenoxy) is 2. The Kier molecular flexibility index (Phi) is 7.26. The van der Waals surface area contributed by atoms with Crippen molar-refractivity contribution in [1.82, 2.24) is 5.32 Å². The van der Waals surface area contributed by atoms with E-state index in [0.717, 1.165) is 37.6 Å². The molecule has 0 aliphatic carbocycles. The van der Waals surface area contributed by atoms with Crippen LogP contribution in [-0.2, 0) is 0 Å². The fourth-order valence-electron chi connectivity index (χ4n) is 1.87. The maximum Gasteiger partial charge on any atom is 0.161 e. The number of benzene rings is 1. The summed E-state index contributed by atoms with van der Waals surface area (Å²) in [5.74, 6) is 2.31. The van der Waals surface area contributed by atoms with Crippen LogP contribution >= 0.6 is 0 Å². The Balaban J connectivity index is 2.35. The molecule has 0 heterocycles. The smallest absolute Gasteiger partial charge is 0.161 e. The monoisotopic (exact) mass is 251 g/mol. The van der Waals surface area contributed by atoms with Gasteiger partial charge in [0.1, 0.15) is 0 Å². The molecule has 0 aromatic heterocycles.